The van der Waals surface area contributed by atoms with Crippen LogP contribution >= 0.6 is 15.9 Å². The van der Waals surface area contributed by atoms with Crippen molar-refractivity contribution >= 4 is 21.7 Å². The number of benzene rings is 1. The molecular weight excluding hydrogens is 266 g/mol. The summed E-state index contributed by atoms with van der Waals surface area (Å²) in [6.45, 7) is 2.01. The van der Waals surface area contributed by atoms with Crippen LogP contribution in [0.15, 0.2) is 34.9 Å². The van der Waals surface area contributed by atoms with Crippen molar-refractivity contribution in [3.05, 3.63) is 40.8 Å². The van der Waals surface area contributed by atoms with Crippen molar-refractivity contribution in [3.63, 3.8) is 0 Å². The summed E-state index contributed by atoms with van der Waals surface area (Å²) in [5.74, 6) is 1.31. The zero-order valence-corrected chi connectivity index (χ0v) is 10.5. The molecule has 1 heterocycles. The van der Waals surface area contributed by atoms with E-state index in [-0.39, 0.29) is 0 Å². The molecule has 0 fully saturated rings. The Labute approximate surface area is 103 Å². The second-order valence-electron chi connectivity index (χ2n) is 3.45. The largest absolute Gasteiger partial charge is 0.383 e. The Morgan fingerprint density at radius 1 is 1.38 bits per heavy atom. The van der Waals surface area contributed by atoms with E-state index in [4.69, 9.17) is 5.73 Å². The Kier molecular flexibility index (Phi) is 3.19. The molecule has 0 aliphatic rings. The summed E-state index contributed by atoms with van der Waals surface area (Å²) < 4.78 is 1.02. The van der Waals surface area contributed by atoms with Crippen LogP contribution in [-0.2, 0) is 6.42 Å². The molecule has 0 aliphatic carbocycles. The third kappa shape index (κ3) is 2.22. The van der Waals surface area contributed by atoms with Crippen molar-refractivity contribution < 1.29 is 0 Å². The first kappa shape index (κ1) is 11.1. The van der Waals surface area contributed by atoms with Crippen molar-refractivity contribution in [1.82, 2.24) is 9.97 Å². The van der Waals surface area contributed by atoms with Crippen LogP contribution in [0.5, 0.6) is 0 Å². The van der Waals surface area contributed by atoms with Gasteiger partial charge in [-0.05, 0) is 17.7 Å². The van der Waals surface area contributed by atoms with Gasteiger partial charge in [0.2, 0.25) is 0 Å². The number of hydrogen-bond acceptors (Lipinski definition) is 3. The van der Waals surface area contributed by atoms with E-state index in [9.17, 15) is 0 Å². The fourth-order valence-electron chi connectivity index (χ4n) is 1.48. The SMILES string of the molecule is CCc1ncc(-c2cccc(Br)c2)c(N)n1. The Balaban J connectivity index is 2.48. The van der Waals surface area contributed by atoms with Crippen molar-refractivity contribution in [2.45, 2.75) is 13.3 Å². The topological polar surface area (TPSA) is 51.8 Å². The predicted molar refractivity (Wildman–Crippen MR) is 69.0 cm³/mol. The molecule has 0 aliphatic heterocycles. The van der Waals surface area contributed by atoms with E-state index >= 15 is 0 Å². The predicted octanol–water partition coefficient (Wildman–Crippen LogP) is 3.05. The van der Waals surface area contributed by atoms with Crippen LogP contribution < -0.4 is 5.73 Å². The van der Waals surface area contributed by atoms with Crippen LogP contribution in [0.3, 0.4) is 0 Å². The molecule has 82 valence electrons. The summed E-state index contributed by atoms with van der Waals surface area (Å²) in [4.78, 5) is 8.51. The number of nitrogens with two attached hydrogens (primary N) is 1. The van der Waals surface area contributed by atoms with Crippen LogP contribution in [-0.4, -0.2) is 9.97 Å². The van der Waals surface area contributed by atoms with Gasteiger partial charge in [-0.2, -0.15) is 0 Å². The van der Waals surface area contributed by atoms with Gasteiger partial charge in [0.15, 0.2) is 0 Å². The Morgan fingerprint density at radius 3 is 2.81 bits per heavy atom. The van der Waals surface area contributed by atoms with Gasteiger partial charge < -0.3 is 5.73 Å². The number of nitrogen functional groups attached to an aromatic ring is 1. The molecule has 16 heavy (non-hydrogen) atoms. The van der Waals surface area contributed by atoms with Crippen molar-refractivity contribution in [1.29, 1.82) is 0 Å². The molecule has 2 aromatic rings. The third-order valence-electron chi connectivity index (χ3n) is 2.32. The number of nitrogens with zero attached hydrogens (tertiary/aromatic N) is 2. The summed E-state index contributed by atoms with van der Waals surface area (Å²) in [6, 6.07) is 7.93. The molecule has 0 saturated carbocycles. The standard InChI is InChI=1S/C12H12BrN3/c1-2-11-15-7-10(12(14)16-11)8-4-3-5-9(13)6-8/h3-7H,2H2,1H3,(H2,14,15,16). The maximum atomic E-state index is 5.91. The summed E-state index contributed by atoms with van der Waals surface area (Å²) in [5.41, 5.74) is 7.81. The van der Waals surface area contributed by atoms with E-state index < -0.39 is 0 Å². The number of anilines is 1. The maximum absolute atomic E-state index is 5.91. The molecule has 3 nitrogen and oxygen atoms in total. The molecule has 0 bridgehead atoms. The van der Waals surface area contributed by atoms with Crippen LogP contribution in [0.1, 0.15) is 12.7 Å². The highest BCUT2D eigenvalue weighted by Crippen LogP contribution is 2.26. The quantitative estimate of drug-likeness (QED) is 0.918. The van der Waals surface area contributed by atoms with E-state index in [1.165, 1.54) is 0 Å². The minimum absolute atomic E-state index is 0.532. The summed E-state index contributed by atoms with van der Waals surface area (Å²) in [5, 5.41) is 0. The fourth-order valence-corrected chi connectivity index (χ4v) is 1.88. The normalized spacial score (nSPS) is 10.4. The fraction of sp³-hybridized carbons (Fsp3) is 0.167. The van der Waals surface area contributed by atoms with Crippen molar-refractivity contribution in [2.75, 3.05) is 5.73 Å². The average Bonchev–Trinajstić information content (AvgIpc) is 2.28. The molecule has 0 unspecified atom stereocenters. The lowest BCUT2D eigenvalue weighted by atomic mass is 10.1. The van der Waals surface area contributed by atoms with Gasteiger partial charge in [0.05, 0.1) is 0 Å². The molecule has 0 saturated heterocycles. The Bertz CT molecular complexity index is 511. The third-order valence-corrected chi connectivity index (χ3v) is 2.81. The molecular formula is C12H12BrN3. The van der Waals surface area contributed by atoms with Crippen LogP contribution in [0.2, 0.25) is 0 Å². The van der Waals surface area contributed by atoms with Gasteiger partial charge in [-0.25, -0.2) is 9.97 Å². The highest BCUT2D eigenvalue weighted by molar-refractivity contribution is 9.10. The highest BCUT2D eigenvalue weighted by atomic mass is 79.9. The molecule has 4 heteroatoms. The van der Waals surface area contributed by atoms with Crippen LogP contribution in [0.4, 0.5) is 5.82 Å². The molecule has 0 radical (unpaired) electrons. The van der Waals surface area contributed by atoms with E-state index in [1.54, 1.807) is 6.20 Å². The lowest BCUT2D eigenvalue weighted by Crippen LogP contribution is -2.00. The number of aryl methyl sites for hydroxylation is 1. The molecule has 2 N–H and O–H groups in total. The minimum atomic E-state index is 0.532. The van der Waals surface area contributed by atoms with E-state index in [2.05, 4.69) is 25.9 Å². The Hall–Kier alpha value is -1.42. The first-order valence-corrected chi connectivity index (χ1v) is 5.87. The zero-order chi connectivity index (χ0) is 11.5. The van der Waals surface area contributed by atoms with E-state index in [1.807, 2.05) is 31.2 Å². The minimum Gasteiger partial charge on any atom is -0.383 e. The molecule has 0 spiro atoms. The van der Waals surface area contributed by atoms with Crippen LogP contribution in [0.25, 0.3) is 11.1 Å². The van der Waals surface area contributed by atoms with Gasteiger partial charge in [0, 0.05) is 22.7 Å². The van der Waals surface area contributed by atoms with Gasteiger partial charge in [0.25, 0.3) is 0 Å². The maximum Gasteiger partial charge on any atom is 0.135 e. The highest BCUT2D eigenvalue weighted by Gasteiger charge is 2.05. The monoisotopic (exact) mass is 277 g/mol. The van der Waals surface area contributed by atoms with Gasteiger partial charge in [-0.1, -0.05) is 35.0 Å². The second-order valence-corrected chi connectivity index (χ2v) is 4.36. The summed E-state index contributed by atoms with van der Waals surface area (Å²) in [7, 11) is 0. The molecule has 0 amide bonds. The first-order valence-electron chi connectivity index (χ1n) is 5.08. The average molecular weight is 278 g/mol. The number of aromatic nitrogens is 2. The number of rotatable bonds is 2. The van der Waals surface area contributed by atoms with Gasteiger partial charge in [-0.15, -0.1) is 0 Å². The van der Waals surface area contributed by atoms with Crippen LogP contribution in [0, 0.1) is 0 Å². The molecule has 0 atom stereocenters. The smallest absolute Gasteiger partial charge is 0.135 e. The van der Waals surface area contributed by atoms with E-state index in [0.717, 1.165) is 27.8 Å². The summed E-state index contributed by atoms with van der Waals surface area (Å²) >= 11 is 3.43. The van der Waals surface area contributed by atoms with Crippen molar-refractivity contribution in [3.8, 4) is 11.1 Å². The van der Waals surface area contributed by atoms with Gasteiger partial charge in [-0.3, -0.25) is 0 Å². The first-order chi connectivity index (χ1) is 7.70. The van der Waals surface area contributed by atoms with Gasteiger partial charge >= 0.3 is 0 Å². The lowest BCUT2D eigenvalue weighted by Gasteiger charge is -2.06. The van der Waals surface area contributed by atoms with Gasteiger partial charge in [0.1, 0.15) is 11.6 Å². The number of hydrogen-bond donors (Lipinski definition) is 1. The lowest BCUT2D eigenvalue weighted by molar-refractivity contribution is 0.946. The number of halogens is 1. The molecule has 1 aromatic heterocycles. The Morgan fingerprint density at radius 2 is 2.19 bits per heavy atom. The second kappa shape index (κ2) is 4.61. The molecule has 1 aromatic carbocycles. The molecule has 2 rings (SSSR count). The summed E-state index contributed by atoms with van der Waals surface area (Å²) in [6.07, 6.45) is 2.58. The van der Waals surface area contributed by atoms with E-state index in [0.29, 0.717) is 5.82 Å². The zero-order valence-electron chi connectivity index (χ0n) is 8.94. The van der Waals surface area contributed by atoms with Crippen molar-refractivity contribution in [2.24, 2.45) is 0 Å².